The molecule has 0 aliphatic carbocycles. The number of aromatic nitrogens is 2. The first-order valence-corrected chi connectivity index (χ1v) is 10.2. The summed E-state index contributed by atoms with van der Waals surface area (Å²) in [6.45, 7) is 2.03. The predicted octanol–water partition coefficient (Wildman–Crippen LogP) is 6.52. The van der Waals surface area contributed by atoms with E-state index < -0.39 is 5.97 Å². The van der Waals surface area contributed by atoms with E-state index in [9.17, 15) is 9.90 Å². The first kappa shape index (κ1) is 18.9. The number of fused-ring (bicyclic) bond motifs is 1. The van der Waals surface area contributed by atoms with Gasteiger partial charge in [0.15, 0.2) is 0 Å². The zero-order valence-electron chi connectivity index (χ0n) is 14.5. The number of aromatic carboxylic acids is 1. The molecule has 0 aliphatic rings. The Morgan fingerprint density at radius 3 is 2.64 bits per heavy atom. The number of nitrogens with zero attached hydrogens (tertiary/aromatic N) is 2. The number of aryl methyl sites for hydroxylation is 1. The Bertz CT molecular complexity index is 1210. The summed E-state index contributed by atoms with van der Waals surface area (Å²) in [7, 11) is 0. The molecule has 8 heteroatoms. The van der Waals surface area contributed by atoms with Gasteiger partial charge in [-0.3, -0.25) is 0 Å². The quantitative estimate of drug-likeness (QED) is 0.352. The van der Waals surface area contributed by atoms with Gasteiger partial charge in [0.05, 0.1) is 16.6 Å². The summed E-state index contributed by atoms with van der Waals surface area (Å²) in [6, 6.07) is 12.6. The molecule has 0 spiro atoms. The van der Waals surface area contributed by atoms with E-state index >= 15 is 0 Å². The number of benzene rings is 2. The van der Waals surface area contributed by atoms with E-state index in [2.05, 4.69) is 31.2 Å². The monoisotopic (exact) mass is 473 g/mol. The molecule has 4 rings (SSSR count). The lowest BCUT2D eigenvalue weighted by Gasteiger charge is -2.11. The topological polar surface area (TPSA) is 75.1 Å². The Hall–Kier alpha value is -2.48. The second kappa shape index (κ2) is 7.50. The number of hydrogen-bond acceptors (Lipinski definition) is 5. The molecule has 2 aromatic carbocycles. The van der Waals surface area contributed by atoms with Crippen LogP contribution in [0, 0.1) is 6.92 Å². The summed E-state index contributed by atoms with van der Waals surface area (Å²) in [6.07, 6.45) is 1.48. The lowest BCUT2D eigenvalue weighted by molar-refractivity contribution is 0.0698. The number of nitrogens with one attached hydrogen (secondary N) is 1. The molecule has 2 heterocycles. The van der Waals surface area contributed by atoms with Crippen molar-refractivity contribution in [2.45, 2.75) is 6.92 Å². The van der Waals surface area contributed by atoms with Gasteiger partial charge in [-0.05, 0) is 42.8 Å². The van der Waals surface area contributed by atoms with E-state index in [4.69, 9.17) is 11.6 Å². The van der Waals surface area contributed by atoms with Crippen LogP contribution in [-0.2, 0) is 0 Å². The second-order valence-corrected chi connectivity index (χ2v) is 8.62. The molecule has 140 valence electrons. The SMILES string of the molecule is Cc1sc2ncnc(Nc3ccc(Br)cc3C(=O)O)c2c1-c1ccc(Cl)cc1. The molecule has 0 atom stereocenters. The minimum absolute atomic E-state index is 0.154. The number of carbonyl (C=O) groups is 1. The molecule has 0 bridgehead atoms. The zero-order valence-corrected chi connectivity index (χ0v) is 17.7. The number of rotatable bonds is 4. The van der Waals surface area contributed by atoms with Crippen LogP contribution in [-0.4, -0.2) is 21.0 Å². The molecule has 0 amide bonds. The molecule has 0 aliphatic heterocycles. The van der Waals surface area contributed by atoms with Crippen LogP contribution in [0.15, 0.2) is 53.3 Å². The Morgan fingerprint density at radius 2 is 1.93 bits per heavy atom. The number of thiophene rings is 1. The van der Waals surface area contributed by atoms with Crippen molar-refractivity contribution in [3.8, 4) is 11.1 Å². The smallest absolute Gasteiger partial charge is 0.337 e. The molecule has 0 saturated heterocycles. The number of carboxylic acids is 1. The molecular weight excluding hydrogens is 462 g/mol. The molecule has 0 unspecified atom stereocenters. The van der Waals surface area contributed by atoms with Gasteiger partial charge in [-0.25, -0.2) is 14.8 Å². The van der Waals surface area contributed by atoms with Crippen molar-refractivity contribution >= 4 is 66.6 Å². The lowest BCUT2D eigenvalue weighted by Crippen LogP contribution is -2.04. The highest BCUT2D eigenvalue weighted by atomic mass is 79.9. The molecule has 0 radical (unpaired) electrons. The lowest BCUT2D eigenvalue weighted by atomic mass is 10.0. The molecule has 5 nitrogen and oxygen atoms in total. The fourth-order valence-corrected chi connectivity index (χ4v) is 4.53. The number of hydrogen-bond donors (Lipinski definition) is 2. The third-order valence-electron chi connectivity index (χ3n) is 4.26. The highest BCUT2D eigenvalue weighted by Gasteiger charge is 2.18. The standard InChI is InChI=1S/C20H13BrClN3O2S/c1-10-16(11-2-5-13(22)6-3-11)17-18(23-9-24-19(17)28-10)25-15-7-4-12(21)8-14(15)20(26)27/h2-9H,1H3,(H,26,27)(H,23,24,25). The Kier molecular flexibility index (Phi) is 5.05. The van der Waals surface area contributed by atoms with Gasteiger partial charge in [0.25, 0.3) is 0 Å². The van der Waals surface area contributed by atoms with Gasteiger partial charge >= 0.3 is 5.97 Å². The van der Waals surface area contributed by atoms with Gasteiger partial charge < -0.3 is 10.4 Å². The van der Waals surface area contributed by atoms with E-state index in [0.29, 0.717) is 21.0 Å². The first-order chi connectivity index (χ1) is 13.4. The molecular formula is C20H13BrClN3O2S. The highest BCUT2D eigenvalue weighted by Crippen LogP contribution is 2.41. The van der Waals surface area contributed by atoms with Crippen LogP contribution in [0.2, 0.25) is 5.02 Å². The van der Waals surface area contributed by atoms with E-state index in [1.54, 1.807) is 29.5 Å². The van der Waals surface area contributed by atoms with Gasteiger partial charge in [-0.15, -0.1) is 11.3 Å². The minimum Gasteiger partial charge on any atom is -0.478 e. The molecule has 0 fully saturated rings. The predicted molar refractivity (Wildman–Crippen MR) is 117 cm³/mol. The second-order valence-electron chi connectivity index (χ2n) is 6.06. The molecule has 0 saturated carbocycles. The molecule has 28 heavy (non-hydrogen) atoms. The van der Waals surface area contributed by atoms with Crippen molar-refractivity contribution in [2.24, 2.45) is 0 Å². The fourth-order valence-electron chi connectivity index (χ4n) is 3.03. The maximum absolute atomic E-state index is 11.6. The van der Waals surface area contributed by atoms with Crippen molar-refractivity contribution in [2.75, 3.05) is 5.32 Å². The van der Waals surface area contributed by atoms with Gasteiger partial charge in [0, 0.05) is 19.9 Å². The third-order valence-corrected chi connectivity index (χ3v) is 6.02. The number of carboxylic acid groups (broad SMARTS) is 1. The van der Waals surface area contributed by atoms with Crippen molar-refractivity contribution in [3.05, 3.63) is 68.7 Å². The van der Waals surface area contributed by atoms with E-state index in [-0.39, 0.29) is 5.56 Å². The third kappa shape index (κ3) is 3.48. The van der Waals surface area contributed by atoms with Crippen LogP contribution in [0.3, 0.4) is 0 Å². The average molecular weight is 475 g/mol. The van der Waals surface area contributed by atoms with Gasteiger partial charge in [0.2, 0.25) is 0 Å². The highest BCUT2D eigenvalue weighted by molar-refractivity contribution is 9.10. The summed E-state index contributed by atoms with van der Waals surface area (Å²) in [4.78, 5) is 22.4. The van der Waals surface area contributed by atoms with E-state index in [1.807, 2.05) is 31.2 Å². The summed E-state index contributed by atoms with van der Waals surface area (Å²) < 4.78 is 0.691. The largest absolute Gasteiger partial charge is 0.478 e. The molecule has 2 N–H and O–H groups in total. The van der Waals surface area contributed by atoms with Crippen LogP contribution in [0.4, 0.5) is 11.5 Å². The van der Waals surface area contributed by atoms with Crippen LogP contribution >= 0.6 is 38.9 Å². The average Bonchev–Trinajstić information content (AvgIpc) is 3.00. The Morgan fingerprint density at radius 1 is 1.18 bits per heavy atom. The number of halogens is 2. The van der Waals surface area contributed by atoms with Crippen molar-refractivity contribution < 1.29 is 9.90 Å². The van der Waals surface area contributed by atoms with Crippen molar-refractivity contribution in [1.29, 1.82) is 0 Å². The maximum atomic E-state index is 11.6. The van der Waals surface area contributed by atoms with E-state index in [0.717, 1.165) is 26.2 Å². The summed E-state index contributed by atoms with van der Waals surface area (Å²) in [5.74, 6) is -0.461. The summed E-state index contributed by atoms with van der Waals surface area (Å²) in [5, 5.41) is 14.2. The van der Waals surface area contributed by atoms with Crippen molar-refractivity contribution in [1.82, 2.24) is 9.97 Å². The maximum Gasteiger partial charge on any atom is 0.337 e. The summed E-state index contributed by atoms with van der Waals surface area (Å²) >= 11 is 10.9. The van der Waals surface area contributed by atoms with E-state index in [1.165, 1.54) is 6.33 Å². The van der Waals surface area contributed by atoms with Gasteiger partial charge in [-0.2, -0.15) is 0 Å². The van der Waals surface area contributed by atoms with Crippen LogP contribution < -0.4 is 5.32 Å². The van der Waals surface area contributed by atoms with Gasteiger partial charge in [0.1, 0.15) is 17.0 Å². The van der Waals surface area contributed by atoms with Gasteiger partial charge in [-0.1, -0.05) is 39.7 Å². The minimum atomic E-state index is -1.02. The van der Waals surface area contributed by atoms with Crippen molar-refractivity contribution in [3.63, 3.8) is 0 Å². The normalized spacial score (nSPS) is 11.0. The Labute approximate surface area is 178 Å². The zero-order chi connectivity index (χ0) is 19.8. The first-order valence-electron chi connectivity index (χ1n) is 8.24. The number of anilines is 2. The van der Waals surface area contributed by atoms with Crippen LogP contribution in [0.1, 0.15) is 15.2 Å². The van der Waals surface area contributed by atoms with Crippen LogP contribution in [0.25, 0.3) is 21.3 Å². The molecule has 4 aromatic rings. The van der Waals surface area contributed by atoms with Crippen LogP contribution in [0.5, 0.6) is 0 Å². The summed E-state index contributed by atoms with van der Waals surface area (Å²) in [5.41, 5.74) is 2.62. The molecule has 2 aromatic heterocycles. The Balaban J connectivity index is 1.90. The fraction of sp³-hybridized carbons (Fsp3) is 0.0500.